The van der Waals surface area contributed by atoms with Gasteiger partial charge in [0, 0.05) is 6.07 Å². The number of ether oxygens (including phenoxy) is 1. The molecule has 0 fully saturated rings. The first-order valence-corrected chi connectivity index (χ1v) is 6.94. The smallest absolute Gasteiger partial charge is 0.145 e. The molecule has 2 rings (SSSR count). The summed E-state index contributed by atoms with van der Waals surface area (Å²) in [4.78, 5) is 0. The van der Waals surface area contributed by atoms with Crippen molar-refractivity contribution in [3.05, 3.63) is 35.2 Å². The number of nitrogens with two attached hydrogens (primary N) is 1. The zero-order valence-electron chi connectivity index (χ0n) is 12.5. The van der Waals surface area contributed by atoms with E-state index in [0.29, 0.717) is 11.3 Å². The van der Waals surface area contributed by atoms with E-state index in [1.807, 2.05) is 19.9 Å². The van der Waals surface area contributed by atoms with Crippen molar-refractivity contribution < 1.29 is 4.74 Å². The first-order chi connectivity index (χ1) is 10.2. The summed E-state index contributed by atoms with van der Waals surface area (Å²) in [6.45, 7) is 4.06. The van der Waals surface area contributed by atoms with E-state index in [2.05, 4.69) is 16.4 Å². The molecular formula is C15H19N5O. The Balaban J connectivity index is 2.57. The number of aromatic nitrogens is 3. The molecule has 0 amide bonds. The highest BCUT2D eigenvalue weighted by atomic mass is 16.5. The largest absolute Gasteiger partial charge is 0.494 e. The molecule has 2 aromatic rings. The monoisotopic (exact) mass is 285 g/mol. The third-order valence-corrected chi connectivity index (χ3v) is 3.46. The zero-order valence-corrected chi connectivity index (χ0v) is 12.5. The SMILES string of the molecule is CCc1c(C(N)CC)nnn1-c1ccc(C#N)cc1OC. The molecule has 110 valence electrons. The lowest BCUT2D eigenvalue weighted by molar-refractivity contribution is 0.411. The van der Waals surface area contributed by atoms with Crippen molar-refractivity contribution in [2.45, 2.75) is 32.7 Å². The molecule has 1 atom stereocenters. The molecule has 6 nitrogen and oxygen atoms in total. The molecule has 0 saturated heterocycles. The van der Waals surface area contributed by atoms with Gasteiger partial charge >= 0.3 is 0 Å². The molecule has 2 N–H and O–H groups in total. The third kappa shape index (κ3) is 2.73. The van der Waals surface area contributed by atoms with Gasteiger partial charge in [-0.1, -0.05) is 19.1 Å². The van der Waals surface area contributed by atoms with E-state index in [4.69, 9.17) is 15.7 Å². The average Bonchev–Trinajstić information content (AvgIpc) is 2.96. The number of nitriles is 1. The Kier molecular flexibility index (Phi) is 4.55. The number of methoxy groups -OCH3 is 1. The second-order valence-electron chi connectivity index (χ2n) is 4.70. The summed E-state index contributed by atoms with van der Waals surface area (Å²) in [5.41, 5.74) is 9.17. The van der Waals surface area contributed by atoms with Crippen LogP contribution in [0.15, 0.2) is 18.2 Å². The van der Waals surface area contributed by atoms with Gasteiger partial charge in [0.2, 0.25) is 0 Å². The predicted molar refractivity (Wildman–Crippen MR) is 79.2 cm³/mol. The Morgan fingerprint density at radius 1 is 1.43 bits per heavy atom. The highest BCUT2D eigenvalue weighted by Crippen LogP contribution is 2.27. The molecule has 0 radical (unpaired) electrons. The van der Waals surface area contributed by atoms with Crippen LogP contribution in [0, 0.1) is 11.3 Å². The van der Waals surface area contributed by atoms with Crippen molar-refractivity contribution >= 4 is 0 Å². The van der Waals surface area contributed by atoms with Crippen LogP contribution in [0.5, 0.6) is 5.75 Å². The van der Waals surface area contributed by atoms with Crippen LogP contribution in [-0.4, -0.2) is 22.1 Å². The molecule has 6 heteroatoms. The minimum atomic E-state index is -0.127. The van der Waals surface area contributed by atoms with Crippen molar-refractivity contribution in [3.8, 4) is 17.5 Å². The first-order valence-electron chi connectivity index (χ1n) is 6.94. The second kappa shape index (κ2) is 6.37. The van der Waals surface area contributed by atoms with Gasteiger partial charge in [-0.15, -0.1) is 5.10 Å². The topological polar surface area (TPSA) is 89.8 Å². The van der Waals surface area contributed by atoms with Crippen LogP contribution in [0.1, 0.15) is 43.3 Å². The van der Waals surface area contributed by atoms with Crippen LogP contribution in [0.4, 0.5) is 0 Å². The van der Waals surface area contributed by atoms with Gasteiger partial charge in [0.15, 0.2) is 0 Å². The summed E-state index contributed by atoms with van der Waals surface area (Å²) in [7, 11) is 1.57. The first kappa shape index (κ1) is 15.0. The van der Waals surface area contributed by atoms with E-state index in [0.717, 1.165) is 29.9 Å². The van der Waals surface area contributed by atoms with Crippen molar-refractivity contribution in [2.75, 3.05) is 7.11 Å². The van der Waals surface area contributed by atoms with E-state index in [1.165, 1.54) is 0 Å². The van der Waals surface area contributed by atoms with Gasteiger partial charge in [0.05, 0.1) is 30.5 Å². The molecule has 21 heavy (non-hydrogen) atoms. The molecule has 0 aliphatic carbocycles. The maximum atomic E-state index is 8.97. The van der Waals surface area contributed by atoms with Crippen LogP contribution >= 0.6 is 0 Å². The van der Waals surface area contributed by atoms with Crippen LogP contribution < -0.4 is 10.5 Å². The number of hydrogen-bond acceptors (Lipinski definition) is 5. The van der Waals surface area contributed by atoms with E-state index >= 15 is 0 Å². The summed E-state index contributed by atoms with van der Waals surface area (Å²) in [5.74, 6) is 0.588. The highest BCUT2D eigenvalue weighted by Gasteiger charge is 2.19. The Labute approximate surface area is 124 Å². The summed E-state index contributed by atoms with van der Waals surface area (Å²) in [5, 5.41) is 17.4. The summed E-state index contributed by atoms with van der Waals surface area (Å²) >= 11 is 0. The van der Waals surface area contributed by atoms with Gasteiger partial charge < -0.3 is 10.5 Å². The quantitative estimate of drug-likeness (QED) is 0.908. The summed E-state index contributed by atoms with van der Waals surface area (Å²) in [6, 6.07) is 7.21. The van der Waals surface area contributed by atoms with Crippen molar-refractivity contribution in [1.29, 1.82) is 5.26 Å². The molecule has 1 aromatic heterocycles. The molecule has 0 aliphatic heterocycles. The van der Waals surface area contributed by atoms with E-state index in [-0.39, 0.29) is 6.04 Å². The standard InChI is InChI=1S/C15H19N5O/c1-4-11(17)15-12(5-2)20(19-18-15)13-7-6-10(9-16)8-14(13)21-3/h6-8,11H,4-5,17H2,1-3H3. The molecular weight excluding hydrogens is 266 g/mol. The third-order valence-electron chi connectivity index (χ3n) is 3.46. The van der Waals surface area contributed by atoms with Crippen LogP contribution in [0.25, 0.3) is 5.69 Å². The normalized spacial score (nSPS) is 12.0. The van der Waals surface area contributed by atoms with Crippen molar-refractivity contribution in [3.63, 3.8) is 0 Å². The van der Waals surface area contributed by atoms with Crippen LogP contribution in [0.2, 0.25) is 0 Å². The van der Waals surface area contributed by atoms with E-state index in [9.17, 15) is 0 Å². The zero-order chi connectivity index (χ0) is 15.4. The molecule has 0 bridgehead atoms. The molecule has 0 saturated carbocycles. The Hall–Kier alpha value is -2.39. The van der Waals surface area contributed by atoms with Crippen molar-refractivity contribution in [1.82, 2.24) is 15.0 Å². The maximum absolute atomic E-state index is 8.97. The minimum Gasteiger partial charge on any atom is -0.494 e. The second-order valence-corrected chi connectivity index (χ2v) is 4.70. The summed E-state index contributed by atoms with van der Waals surface area (Å²) in [6.07, 6.45) is 1.56. The fourth-order valence-corrected chi connectivity index (χ4v) is 2.24. The Morgan fingerprint density at radius 2 is 2.19 bits per heavy atom. The number of nitrogens with zero attached hydrogens (tertiary/aromatic N) is 4. The number of rotatable bonds is 5. The fourth-order valence-electron chi connectivity index (χ4n) is 2.24. The predicted octanol–water partition coefficient (Wildman–Crippen LogP) is 2.12. The van der Waals surface area contributed by atoms with Gasteiger partial charge in [0.25, 0.3) is 0 Å². The maximum Gasteiger partial charge on any atom is 0.145 e. The van der Waals surface area contributed by atoms with Gasteiger partial charge in [-0.2, -0.15) is 5.26 Å². The lowest BCUT2D eigenvalue weighted by Crippen LogP contribution is -2.12. The molecule has 0 spiro atoms. The van der Waals surface area contributed by atoms with Gasteiger partial charge in [0.1, 0.15) is 17.1 Å². The molecule has 0 aliphatic rings. The lowest BCUT2D eigenvalue weighted by atomic mass is 10.1. The molecule has 1 heterocycles. The Morgan fingerprint density at radius 3 is 2.76 bits per heavy atom. The van der Waals surface area contributed by atoms with Crippen LogP contribution in [-0.2, 0) is 6.42 Å². The molecule has 1 unspecified atom stereocenters. The number of hydrogen-bond donors (Lipinski definition) is 1. The number of benzene rings is 1. The lowest BCUT2D eigenvalue weighted by Gasteiger charge is -2.12. The van der Waals surface area contributed by atoms with Crippen molar-refractivity contribution in [2.24, 2.45) is 5.73 Å². The molecule has 1 aromatic carbocycles. The van der Waals surface area contributed by atoms with E-state index < -0.39 is 0 Å². The average molecular weight is 285 g/mol. The van der Waals surface area contributed by atoms with Gasteiger partial charge in [-0.3, -0.25) is 0 Å². The van der Waals surface area contributed by atoms with Crippen LogP contribution in [0.3, 0.4) is 0 Å². The van der Waals surface area contributed by atoms with Gasteiger partial charge in [-0.05, 0) is 25.0 Å². The highest BCUT2D eigenvalue weighted by molar-refractivity contribution is 5.52. The van der Waals surface area contributed by atoms with Gasteiger partial charge in [-0.25, -0.2) is 4.68 Å². The fraction of sp³-hybridized carbons (Fsp3) is 0.400. The summed E-state index contributed by atoms with van der Waals surface area (Å²) < 4.78 is 7.11. The van der Waals surface area contributed by atoms with E-state index in [1.54, 1.807) is 23.9 Å². The Bertz CT molecular complexity index is 671. The minimum absolute atomic E-state index is 0.127.